The molecule has 1 aliphatic rings. The molecule has 23 heavy (non-hydrogen) atoms. The van der Waals surface area contributed by atoms with Crippen LogP contribution in [0.2, 0.25) is 0 Å². The second-order valence-electron chi connectivity index (χ2n) is 7.15. The normalized spacial score (nSPS) is 15.2. The van der Waals surface area contributed by atoms with Crippen molar-refractivity contribution in [2.45, 2.75) is 46.1 Å². The highest BCUT2D eigenvalue weighted by molar-refractivity contribution is 5.83. The fraction of sp³-hybridized carbons (Fsp3) is 0.474. The maximum Gasteiger partial charge on any atom is 0.410 e. The second kappa shape index (κ2) is 5.84. The third kappa shape index (κ3) is 3.31. The molecule has 0 N–H and O–H groups in total. The highest BCUT2D eigenvalue weighted by atomic mass is 16.6. The average molecular weight is 312 g/mol. The number of fused-ring (bicyclic) bond motifs is 2. The molecular weight excluding hydrogens is 288 g/mol. The Balaban J connectivity index is 1.87. The zero-order chi connectivity index (χ0) is 16.6. The number of benzene rings is 1. The molecular formula is C19H24N2O2. The van der Waals surface area contributed by atoms with Crippen LogP contribution in [0.25, 0.3) is 10.9 Å². The van der Waals surface area contributed by atoms with Crippen LogP contribution in [0, 0.1) is 6.92 Å². The molecule has 0 fully saturated rings. The van der Waals surface area contributed by atoms with Gasteiger partial charge in [-0.3, -0.25) is 4.98 Å². The van der Waals surface area contributed by atoms with Gasteiger partial charge in [0.15, 0.2) is 0 Å². The van der Waals surface area contributed by atoms with Gasteiger partial charge in [0, 0.05) is 30.6 Å². The first kappa shape index (κ1) is 15.8. The Morgan fingerprint density at radius 3 is 2.61 bits per heavy atom. The summed E-state index contributed by atoms with van der Waals surface area (Å²) < 4.78 is 5.51. The van der Waals surface area contributed by atoms with Crippen molar-refractivity contribution in [1.82, 2.24) is 9.88 Å². The standard InChI is InChI=1S/C19H24N2O2/c1-13-14-7-5-6-8-16(14)20-17-10-12-21(11-9-15(13)17)18(22)23-19(2,3)4/h5-8H,9-12H2,1-4H3. The van der Waals surface area contributed by atoms with E-state index >= 15 is 0 Å². The molecule has 0 aliphatic carbocycles. The predicted molar refractivity (Wildman–Crippen MR) is 91.7 cm³/mol. The third-order valence-corrected chi connectivity index (χ3v) is 4.27. The molecule has 0 saturated carbocycles. The van der Waals surface area contributed by atoms with Crippen molar-refractivity contribution in [3.05, 3.63) is 41.1 Å². The molecule has 0 unspecified atom stereocenters. The lowest BCUT2D eigenvalue weighted by Gasteiger charge is -2.26. The highest BCUT2D eigenvalue weighted by Gasteiger charge is 2.25. The van der Waals surface area contributed by atoms with Crippen LogP contribution in [-0.4, -0.2) is 34.7 Å². The number of amides is 1. The number of rotatable bonds is 0. The third-order valence-electron chi connectivity index (χ3n) is 4.27. The van der Waals surface area contributed by atoms with Gasteiger partial charge in [-0.05, 0) is 51.3 Å². The van der Waals surface area contributed by atoms with Crippen molar-refractivity contribution in [2.24, 2.45) is 0 Å². The summed E-state index contributed by atoms with van der Waals surface area (Å²) in [5.74, 6) is 0. The fourth-order valence-corrected chi connectivity index (χ4v) is 3.13. The maximum atomic E-state index is 12.3. The van der Waals surface area contributed by atoms with Gasteiger partial charge in [-0.25, -0.2) is 4.79 Å². The Morgan fingerprint density at radius 2 is 1.87 bits per heavy atom. The Morgan fingerprint density at radius 1 is 1.17 bits per heavy atom. The quantitative estimate of drug-likeness (QED) is 0.741. The topological polar surface area (TPSA) is 42.4 Å². The maximum absolute atomic E-state index is 12.3. The molecule has 0 radical (unpaired) electrons. The summed E-state index contributed by atoms with van der Waals surface area (Å²) in [4.78, 5) is 18.9. The van der Waals surface area contributed by atoms with Gasteiger partial charge in [0.05, 0.1) is 5.52 Å². The van der Waals surface area contributed by atoms with E-state index in [9.17, 15) is 4.79 Å². The molecule has 0 atom stereocenters. The van der Waals surface area contributed by atoms with Gasteiger partial charge < -0.3 is 9.64 Å². The smallest absolute Gasteiger partial charge is 0.410 e. The van der Waals surface area contributed by atoms with E-state index in [4.69, 9.17) is 9.72 Å². The SMILES string of the molecule is Cc1c2c(nc3ccccc13)CCN(C(=O)OC(C)(C)C)CC2. The minimum Gasteiger partial charge on any atom is -0.444 e. The summed E-state index contributed by atoms with van der Waals surface area (Å²) in [5.41, 5.74) is 4.27. The number of pyridine rings is 1. The van der Waals surface area contributed by atoms with E-state index in [1.54, 1.807) is 4.90 Å². The van der Waals surface area contributed by atoms with Crippen LogP contribution in [0.3, 0.4) is 0 Å². The Bertz CT molecular complexity index is 747. The number of carbonyl (C=O) groups is 1. The number of carbonyl (C=O) groups excluding carboxylic acids is 1. The largest absolute Gasteiger partial charge is 0.444 e. The van der Waals surface area contributed by atoms with Gasteiger partial charge in [0.25, 0.3) is 0 Å². The minimum absolute atomic E-state index is 0.229. The molecule has 1 aromatic carbocycles. The molecule has 0 bridgehead atoms. The van der Waals surface area contributed by atoms with Gasteiger partial charge in [0.1, 0.15) is 5.60 Å². The van der Waals surface area contributed by atoms with Crippen LogP contribution in [0.4, 0.5) is 4.79 Å². The molecule has 4 heteroatoms. The number of para-hydroxylation sites is 1. The lowest BCUT2D eigenvalue weighted by molar-refractivity contribution is 0.0258. The predicted octanol–water partition coefficient (Wildman–Crippen LogP) is 3.88. The van der Waals surface area contributed by atoms with E-state index in [0.717, 1.165) is 24.1 Å². The van der Waals surface area contributed by atoms with Crippen LogP contribution in [0.5, 0.6) is 0 Å². The average Bonchev–Trinajstić information content (AvgIpc) is 2.68. The molecule has 0 saturated heterocycles. The molecule has 1 amide bonds. The zero-order valence-corrected chi connectivity index (χ0v) is 14.3. The van der Waals surface area contributed by atoms with Gasteiger partial charge in [-0.2, -0.15) is 0 Å². The number of aromatic nitrogens is 1. The van der Waals surface area contributed by atoms with Crippen molar-refractivity contribution >= 4 is 17.0 Å². The van der Waals surface area contributed by atoms with Gasteiger partial charge in [-0.1, -0.05) is 18.2 Å². The number of ether oxygens (including phenoxy) is 1. The molecule has 4 nitrogen and oxygen atoms in total. The minimum atomic E-state index is -0.459. The summed E-state index contributed by atoms with van der Waals surface area (Å²) in [6.45, 7) is 9.20. The fourth-order valence-electron chi connectivity index (χ4n) is 3.13. The summed E-state index contributed by atoms with van der Waals surface area (Å²) in [5, 5.41) is 1.21. The van der Waals surface area contributed by atoms with E-state index in [2.05, 4.69) is 19.1 Å². The van der Waals surface area contributed by atoms with E-state index in [0.29, 0.717) is 13.1 Å². The number of hydrogen-bond acceptors (Lipinski definition) is 3. The van der Waals surface area contributed by atoms with Crippen molar-refractivity contribution in [3.63, 3.8) is 0 Å². The van der Waals surface area contributed by atoms with Gasteiger partial charge >= 0.3 is 6.09 Å². The number of aryl methyl sites for hydroxylation is 1. The summed E-state index contributed by atoms with van der Waals surface area (Å²) in [7, 11) is 0. The van der Waals surface area contributed by atoms with Crippen LogP contribution in [-0.2, 0) is 17.6 Å². The Hall–Kier alpha value is -2.10. The van der Waals surface area contributed by atoms with E-state index in [1.807, 2.05) is 32.9 Å². The van der Waals surface area contributed by atoms with E-state index in [-0.39, 0.29) is 6.09 Å². The summed E-state index contributed by atoms with van der Waals surface area (Å²) >= 11 is 0. The van der Waals surface area contributed by atoms with Gasteiger partial charge in [0.2, 0.25) is 0 Å². The van der Waals surface area contributed by atoms with Crippen molar-refractivity contribution in [1.29, 1.82) is 0 Å². The van der Waals surface area contributed by atoms with Crippen molar-refractivity contribution in [3.8, 4) is 0 Å². The number of nitrogens with zero attached hydrogens (tertiary/aromatic N) is 2. The molecule has 2 heterocycles. The highest BCUT2D eigenvalue weighted by Crippen LogP contribution is 2.26. The molecule has 3 rings (SSSR count). The number of hydrogen-bond donors (Lipinski definition) is 0. The van der Waals surface area contributed by atoms with Crippen LogP contribution >= 0.6 is 0 Å². The van der Waals surface area contributed by atoms with Crippen LogP contribution in [0.1, 0.15) is 37.6 Å². The van der Waals surface area contributed by atoms with Crippen molar-refractivity contribution < 1.29 is 9.53 Å². The first-order chi connectivity index (χ1) is 10.8. The molecule has 1 aromatic heterocycles. The monoisotopic (exact) mass is 312 g/mol. The first-order valence-electron chi connectivity index (χ1n) is 8.20. The second-order valence-corrected chi connectivity index (χ2v) is 7.15. The Labute approximate surface area is 137 Å². The van der Waals surface area contributed by atoms with Crippen LogP contribution in [0.15, 0.2) is 24.3 Å². The van der Waals surface area contributed by atoms with E-state index in [1.165, 1.54) is 16.5 Å². The van der Waals surface area contributed by atoms with Crippen molar-refractivity contribution in [2.75, 3.05) is 13.1 Å². The summed E-state index contributed by atoms with van der Waals surface area (Å²) in [6.07, 6.45) is 1.38. The molecule has 1 aliphatic heterocycles. The lowest BCUT2D eigenvalue weighted by atomic mass is 9.99. The summed E-state index contributed by atoms with van der Waals surface area (Å²) in [6, 6.07) is 8.24. The first-order valence-corrected chi connectivity index (χ1v) is 8.20. The molecule has 2 aromatic rings. The van der Waals surface area contributed by atoms with Gasteiger partial charge in [-0.15, -0.1) is 0 Å². The zero-order valence-electron chi connectivity index (χ0n) is 14.3. The molecule has 122 valence electrons. The van der Waals surface area contributed by atoms with E-state index < -0.39 is 5.60 Å². The lowest BCUT2D eigenvalue weighted by Crippen LogP contribution is -2.38. The molecule has 0 spiro atoms. The Kier molecular flexibility index (Phi) is 4.00. The van der Waals surface area contributed by atoms with Crippen LogP contribution < -0.4 is 0 Å².